The average Bonchev–Trinajstić information content (AvgIpc) is 3.06. The molecule has 1 saturated carbocycles. The Balaban J connectivity index is 2.10. The number of carbonyl (C=O) groups excluding carboxylic acids is 1. The summed E-state index contributed by atoms with van der Waals surface area (Å²) in [6.45, 7) is 2.21. The van der Waals surface area contributed by atoms with E-state index in [1.54, 1.807) is 19.0 Å². The topological polar surface area (TPSA) is 41.1 Å². The zero-order valence-corrected chi connectivity index (χ0v) is 12.2. The van der Waals surface area contributed by atoms with Crippen LogP contribution in [0.15, 0.2) is 27.6 Å². The molecule has 1 aliphatic carbocycles. The summed E-state index contributed by atoms with van der Waals surface area (Å²) in [5.74, 6) is -0.0723. The van der Waals surface area contributed by atoms with Crippen LogP contribution in [0, 0.1) is 0 Å². The molecule has 0 aliphatic heterocycles. The van der Waals surface area contributed by atoms with E-state index >= 15 is 0 Å². The van der Waals surface area contributed by atoms with Gasteiger partial charge in [-0.25, -0.2) is 0 Å². The number of amides is 1. The standard InChI is InChI=1S/C12H15BrN2OS/c1-12(5-6-12)15-17-8-3-4-10(13)9(7-8)11(16)14-2/h3-4,7,15H,5-6H2,1-2H3,(H,14,16). The molecule has 92 valence electrons. The van der Waals surface area contributed by atoms with Gasteiger partial charge in [-0.15, -0.1) is 0 Å². The van der Waals surface area contributed by atoms with Gasteiger partial charge in [0.2, 0.25) is 0 Å². The first-order chi connectivity index (χ1) is 8.04. The van der Waals surface area contributed by atoms with E-state index in [2.05, 4.69) is 32.9 Å². The number of hydrogen-bond donors (Lipinski definition) is 2. The molecule has 0 radical (unpaired) electrons. The van der Waals surface area contributed by atoms with Crippen molar-refractivity contribution >= 4 is 33.8 Å². The van der Waals surface area contributed by atoms with Gasteiger partial charge in [-0.1, -0.05) is 0 Å². The number of halogens is 1. The quantitative estimate of drug-likeness (QED) is 0.840. The second-order valence-corrected chi connectivity index (χ2v) is 6.22. The Hall–Kier alpha value is -0.520. The summed E-state index contributed by atoms with van der Waals surface area (Å²) in [5.41, 5.74) is 0.950. The van der Waals surface area contributed by atoms with Gasteiger partial charge in [-0.3, -0.25) is 9.52 Å². The fourth-order valence-corrected chi connectivity index (χ4v) is 2.66. The Morgan fingerprint density at radius 3 is 2.76 bits per heavy atom. The normalized spacial score (nSPS) is 16.6. The smallest absolute Gasteiger partial charge is 0.252 e. The van der Waals surface area contributed by atoms with Gasteiger partial charge in [0, 0.05) is 22.0 Å². The van der Waals surface area contributed by atoms with Gasteiger partial charge in [0.15, 0.2) is 0 Å². The minimum atomic E-state index is -0.0723. The highest BCUT2D eigenvalue weighted by molar-refractivity contribution is 9.10. The molecular weight excluding hydrogens is 300 g/mol. The van der Waals surface area contributed by atoms with Crippen LogP contribution in [-0.2, 0) is 0 Å². The number of nitrogens with one attached hydrogen (secondary N) is 2. The van der Waals surface area contributed by atoms with E-state index in [4.69, 9.17) is 0 Å². The molecule has 1 amide bonds. The molecule has 5 heteroatoms. The largest absolute Gasteiger partial charge is 0.355 e. The summed E-state index contributed by atoms with van der Waals surface area (Å²) in [4.78, 5) is 12.7. The van der Waals surface area contributed by atoms with Crippen molar-refractivity contribution in [3.8, 4) is 0 Å². The van der Waals surface area contributed by atoms with Crippen molar-refractivity contribution in [2.45, 2.75) is 30.2 Å². The molecule has 2 N–H and O–H groups in total. The second-order valence-electron chi connectivity index (χ2n) is 4.49. The van der Waals surface area contributed by atoms with Crippen LogP contribution < -0.4 is 10.0 Å². The molecule has 0 aromatic heterocycles. The summed E-state index contributed by atoms with van der Waals surface area (Å²) in [6.07, 6.45) is 2.44. The molecule has 0 atom stereocenters. The summed E-state index contributed by atoms with van der Waals surface area (Å²) in [6, 6.07) is 5.80. The monoisotopic (exact) mass is 314 g/mol. The third-order valence-corrected chi connectivity index (χ3v) is 4.60. The van der Waals surface area contributed by atoms with Crippen molar-refractivity contribution in [1.29, 1.82) is 0 Å². The van der Waals surface area contributed by atoms with Gasteiger partial charge < -0.3 is 5.32 Å². The Morgan fingerprint density at radius 1 is 1.47 bits per heavy atom. The molecule has 0 spiro atoms. The van der Waals surface area contributed by atoms with E-state index < -0.39 is 0 Å². The molecule has 2 rings (SSSR count). The fourth-order valence-electron chi connectivity index (χ4n) is 1.35. The Labute approximate surface area is 114 Å². The van der Waals surface area contributed by atoms with Gasteiger partial charge in [0.1, 0.15) is 0 Å². The molecular formula is C12H15BrN2OS. The van der Waals surface area contributed by atoms with Gasteiger partial charge >= 0.3 is 0 Å². The van der Waals surface area contributed by atoms with E-state index in [1.807, 2.05) is 18.2 Å². The molecule has 1 aromatic carbocycles. The zero-order chi connectivity index (χ0) is 12.5. The van der Waals surface area contributed by atoms with Crippen LogP contribution in [0.5, 0.6) is 0 Å². The lowest BCUT2D eigenvalue weighted by atomic mass is 10.2. The first-order valence-corrected chi connectivity index (χ1v) is 7.11. The minimum Gasteiger partial charge on any atom is -0.355 e. The Morgan fingerprint density at radius 2 is 2.18 bits per heavy atom. The van der Waals surface area contributed by atoms with Crippen molar-refractivity contribution in [1.82, 2.24) is 10.0 Å². The van der Waals surface area contributed by atoms with E-state index in [0.29, 0.717) is 5.56 Å². The van der Waals surface area contributed by atoms with Gasteiger partial charge in [0.05, 0.1) is 5.56 Å². The first-order valence-electron chi connectivity index (χ1n) is 5.50. The Bertz CT molecular complexity index is 446. The van der Waals surface area contributed by atoms with E-state index in [-0.39, 0.29) is 11.4 Å². The summed E-state index contributed by atoms with van der Waals surface area (Å²) < 4.78 is 4.24. The minimum absolute atomic E-state index is 0.0723. The highest BCUT2D eigenvalue weighted by Gasteiger charge is 2.37. The van der Waals surface area contributed by atoms with Crippen molar-refractivity contribution in [3.05, 3.63) is 28.2 Å². The van der Waals surface area contributed by atoms with Crippen LogP contribution in [0.2, 0.25) is 0 Å². The molecule has 0 saturated heterocycles. The number of carbonyl (C=O) groups is 1. The van der Waals surface area contributed by atoms with Crippen LogP contribution in [-0.4, -0.2) is 18.5 Å². The maximum absolute atomic E-state index is 11.6. The van der Waals surface area contributed by atoms with Crippen LogP contribution >= 0.6 is 27.9 Å². The zero-order valence-electron chi connectivity index (χ0n) is 9.84. The third-order valence-electron chi connectivity index (χ3n) is 2.82. The van der Waals surface area contributed by atoms with E-state index in [1.165, 1.54) is 12.8 Å². The lowest BCUT2D eigenvalue weighted by Gasteiger charge is -2.11. The molecule has 1 aliphatic rings. The van der Waals surface area contributed by atoms with Gasteiger partial charge in [0.25, 0.3) is 5.91 Å². The predicted octanol–water partition coefficient (Wildman–Crippen LogP) is 2.96. The van der Waals surface area contributed by atoms with Crippen molar-refractivity contribution in [2.24, 2.45) is 0 Å². The molecule has 0 bridgehead atoms. The number of benzene rings is 1. The van der Waals surface area contributed by atoms with Crippen LogP contribution in [0.25, 0.3) is 0 Å². The molecule has 17 heavy (non-hydrogen) atoms. The SMILES string of the molecule is CNC(=O)c1cc(SNC2(C)CC2)ccc1Br. The lowest BCUT2D eigenvalue weighted by molar-refractivity contribution is 0.0962. The van der Waals surface area contributed by atoms with Crippen molar-refractivity contribution in [2.75, 3.05) is 7.05 Å². The highest BCUT2D eigenvalue weighted by Crippen LogP contribution is 2.37. The first kappa shape index (κ1) is 12.9. The summed E-state index contributed by atoms with van der Waals surface area (Å²) >= 11 is 4.97. The van der Waals surface area contributed by atoms with Crippen LogP contribution in [0.4, 0.5) is 0 Å². The molecule has 1 fully saturated rings. The maximum Gasteiger partial charge on any atom is 0.252 e. The van der Waals surface area contributed by atoms with Gasteiger partial charge in [-0.05, 0) is 65.8 Å². The summed E-state index contributed by atoms with van der Waals surface area (Å²) in [7, 11) is 1.64. The van der Waals surface area contributed by atoms with Crippen molar-refractivity contribution < 1.29 is 4.79 Å². The lowest BCUT2D eigenvalue weighted by Crippen LogP contribution is -2.20. The number of hydrogen-bond acceptors (Lipinski definition) is 3. The van der Waals surface area contributed by atoms with Gasteiger partial charge in [-0.2, -0.15) is 0 Å². The van der Waals surface area contributed by atoms with Crippen LogP contribution in [0.3, 0.4) is 0 Å². The van der Waals surface area contributed by atoms with E-state index in [9.17, 15) is 4.79 Å². The third kappa shape index (κ3) is 3.24. The average molecular weight is 315 g/mol. The molecule has 1 aromatic rings. The van der Waals surface area contributed by atoms with Crippen molar-refractivity contribution in [3.63, 3.8) is 0 Å². The fraction of sp³-hybridized carbons (Fsp3) is 0.417. The molecule has 0 heterocycles. The summed E-state index contributed by atoms with van der Waals surface area (Å²) in [5, 5.41) is 2.64. The number of rotatable bonds is 4. The molecule has 3 nitrogen and oxygen atoms in total. The Kier molecular flexibility index (Phi) is 3.80. The molecule has 0 unspecified atom stereocenters. The highest BCUT2D eigenvalue weighted by atomic mass is 79.9. The second kappa shape index (κ2) is 5.00. The predicted molar refractivity (Wildman–Crippen MR) is 74.2 cm³/mol. The van der Waals surface area contributed by atoms with E-state index in [0.717, 1.165) is 9.37 Å². The maximum atomic E-state index is 11.6. The van der Waals surface area contributed by atoms with Crippen LogP contribution in [0.1, 0.15) is 30.1 Å².